The maximum atomic E-state index is 13.2. The van der Waals surface area contributed by atoms with Gasteiger partial charge in [0.25, 0.3) is 5.91 Å². The van der Waals surface area contributed by atoms with E-state index in [0.717, 1.165) is 21.8 Å². The molecule has 31 heavy (non-hydrogen) atoms. The first-order valence-corrected chi connectivity index (χ1v) is 10.0. The molecule has 0 saturated heterocycles. The van der Waals surface area contributed by atoms with Crippen molar-refractivity contribution in [1.29, 1.82) is 0 Å². The number of nitrogens with two attached hydrogens (primary N) is 1. The number of hydrogen-bond acceptors (Lipinski definition) is 4. The van der Waals surface area contributed by atoms with Crippen molar-refractivity contribution in [3.05, 3.63) is 108 Å². The van der Waals surface area contributed by atoms with Crippen LogP contribution in [-0.4, -0.2) is 37.1 Å². The molecule has 0 fully saturated rings. The minimum absolute atomic E-state index is 0.180. The third-order valence-electron chi connectivity index (χ3n) is 5.25. The van der Waals surface area contributed by atoms with Gasteiger partial charge in [0, 0.05) is 7.05 Å². The molecule has 3 rings (SSSR count). The molecule has 3 N–H and O–H groups in total. The van der Waals surface area contributed by atoms with Gasteiger partial charge in [-0.3, -0.25) is 14.4 Å². The number of amides is 2. The Morgan fingerprint density at radius 2 is 1.26 bits per heavy atom. The molecule has 0 aromatic heterocycles. The Kier molecular flexibility index (Phi) is 7.18. The first-order chi connectivity index (χ1) is 15.0. The van der Waals surface area contributed by atoms with Gasteiger partial charge in [-0.25, -0.2) is 5.06 Å². The van der Waals surface area contributed by atoms with Crippen molar-refractivity contribution >= 4 is 11.8 Å². The molecular weight excluding hydrogens is 390 g/mol. The van der Waals surface area contributed by atoms with E-state index in [1.165, 1.54) is 14.2 Å². The second-order valence-electron chi connectivity index (χ2n) is 7.23. The van der Waals surface area contributed by atoms with E-state index in [1.54, 1.807) is 0 Å². The van der Waals surface area contributed by atoms with Gasteiger partial charge >= 0.3 is 0 Å². The van der Waals surface area contributed by atoms with Crippen molar-refractivity contribution in [2.75, 3.05) is 14.2 Å². The predicted molar refractivity (Wildman–Crippen MR) is 120 cm³/mol. The highest BCUT2D eigenvalue weighted by molar-refractivity contribution is 5.88. The van der Waals surface area contributed by atoms with E-state index in [9.17, 15) is 9.59 Å². The molecule has 0 bridgehead atoms. The summed E-state index contributed by atoms with van der Waals surface area (Å²) >= 11 is 0. The van der Waals surface area contributed by atoms with Gasteiger partial charge in [-0.05, 0) is 16.7 Å². The highest BCUT2D eigenvalue weighted by atomic mass is 16.7. The summed E-state index contributed by atoms with van der Waals surface area (Å²) in [6, 6.07) is 28.2. The first kappa shape index (κ1) is 22.2. The lowest BCUT2D eigenvalue weighted by atomic mass is 9.77. The van der Waals surface area contributed by atoms with Crippen molar-refractivity contribution < 1.29 is 14.4 Å². The number of carbonyl (C=O) groups is 2. The average molecular weight is 418 g/mol. The zero-order valence-electron chi connectivity index (χ0n) is 17.7. The van der Waals surface area contributed by atoms with Crippen molar-refractivity contribution in [3.8, 4) is 0 Å². The van der Waals surface area contributed by atoms with Crippen LogP contribution < -0.4 is 11.1 Å². The standard InChI is InChI=1S/C25H27N3O3/c1-28(31-2)24(30)22(26)18-23(29)27-25(19-12-6-3-7-13-19,20-14-8-4-9-15-20)21-16-10-5-11-17-21/h3-17,22H,18,26H2,1-2H3,(H,27,29)/t22-/m1/s1. The molecule has 0 unspecified atom stereocenters. The Morgan fingerprint density at radius 3 is 1.61 bits per heavy atom. The van der Waals surface area contributed by atoms with Gasteiger partial charge in [0.1, 0.15) is 5.54 Å². The van der Waals surface area contributed by atoms with Gasteiger partial charge < -0.3 is 11.1 Å². The van der Waals surface area contributed by atoms with Crippen LogP contribution in [0.5, 0.6) is 0 Å². The predicted octanol–water partition coefficient (Wildman–Crippen LogP) is 2.83. The molecule has 0 aliphatic carbocycles. The lowest BCUT2D eigenvalue weighted by Gasteiger charge is -2.37. The summed E-state index contributed by atoms with van der Waals surface area (Å²) in [6.45, 7) is 0. The van der Waals surface area contributed by atoms with Crippen molar-refractivity contribution in [1.82, 2.24) is 10.4 Å². The number of rotatable bonds is 8. The third-order valence-corrected chi connectivity index (χ3v) is 5.25. The van der Waals surface area contributed by atoms with Crippen LogP contribution in [0.25, 0.3) is 0 Å². The number of nitrogens with zero attached hydrogens (tertiary/aromatic N) is 1. The largest absolute Gasteiger partial charge is 0.338 e. The van der Waals surface area contributed by atoms with Crippen molar-refractivity contribution in [2.45, 2.75) is 18.0 Å². The quantitative estimate of drug-likeness (QED) is 0.436. The molecule has 3 aromatic rings. The second kappa shape index (κ2) is 10.0. The van der Waals surface area contributed by atoms with E-state index in [0.29, 0.717) is 0 Å². The fourth-order valence-electron chi connectivity index (χ4n) is 3.65. The molecule has 3 aromatic carbocycles. The zero-order chi connectivity index (χ0) is 22.3. The van der Waals surface area contributed by atoms with Gasteiger partial charge in [-0.15, -0.1) is 0 Å². The average Bonchev–Trinajstić information content (AvgIpc) is 2.83. The van der Waals surface area contributed by atoms with Crippen molar-refractivity contribution in [2.24, 2.45) is 5.73 Å². The van der Waals surface area contributed by atoms with E-state index < -0.39 is 17.5 Å². The highest BCUT2D eigenvalue weighted by Gasteiger charge is 2.38. The first-order valence-electron chi connectivity index (χ1n) is 10.0. The van der Waals surface area contributed by atoms with Gasteiger partial charge in [-0.1, -0.05) is 91.0 Å². The summed E-state index contributed by atoms with van der Waals surface area (Å²) in [7, 11) is 2.83. The summed E-state index contributed by atoms with van der Waals surface area (Å²) in [5.74, 6) is -0.815. The molecule has 0 radical (unpaired) electrons. The van der Waals surface area contributed by atoms with Gasteiger partial charge in [-0.2, -0.15) is 0 Å². The smallest absolute Gasteiger partial charge is 0.263 e. The summed E-state index contributed by atoms with van der Waals surface area (Å²) in [5.41, 5.74) is 7.74. The summed E-state index contributed by atoms with van der Waals surface area (Å²) in [5, 5.41) is 4.22. The second-order valence-corrected chi connectivity index (χ2v) is 7.23. The summed E-state index contributed by atoms with van der Waals surface area (Å²) < 4.78 is 0. The molecule has 0 spiro atoms. The lowest BCUT2D eigenvalue weighted by Crippen LogP contribution is -2.51. The number of likely N-dealkylation sites (N-methyl/N-ethyl adjacent to an activating group) is 1. The van der Waals surface area contributed by atoms with Crippen LogP contribution in [0.1, 0.15) is 23.1 Å². The van der Waals surface area contributed by atoms with Crippen LogP contribution in [0, 0.1) is 0 Å². The zero-order valence-corrected chi connectivity index (χ0v) is 17.7. The summed E-state index contributed by atoms with van der Waals surface area (Å²) in [4.78, 5) is 30.4. The Hall–Kier alpha value is -3.48. The number of hydroxylamine groups is 2. The monoisotopic (exact) mass is 417 g/mol. The van der Waals surface area contributed by atoms with E-state index in [4.69, 9.17) is 10.6 Å². The highest BCUT2D eigenvalue weighted by Crippen LogP contribution is 2.36. The van der Waals surface area contributed by atoms with Crippen LogP contribution in [0.4, 0.5) is 0 Å². The Morgan fingerprint density at radius 1 is 0.871 bits per heavy atom. The van der Waals surface area contributed by atoms with E-state index in [-0.39, 0.29) is 12.3 Å². The SMILES string of the molecule is CON(C)C(=O)[C@H](N)CC(=O)NC(c1ccccc1)(c1ccccc1)c1ccccc1. The van der Waals surface area contributed by atoms with Crippen LogP contribution in [-0.2, 0) is 20.0 Å². The molecular formula is C25H27N3O3. The Balaban J connectivity index is 2.06. The fraction of sp³-hybridized carbons (Fsp3) is 0.200. The molecule has 160 valence electrons. The van der Waals surface area contributed by atoms with Crippen LogP contribution >= 0.6 is 0 Å². The molecule has 0 saturated carbocycles. The van der Waals surface area contributed by atoms with E-state index >= 15 is 0 Å². The Bertz CT molecular complexity index is 898. The molecule has 0 heterocycles. The van der Waals surface area contributed by atoms with Crippen molar-refractivity contribution in [3.63, 3.8) is 0 Å². The van der Waals surface area contributed by atoms with Crippen LogP contribution in [0.3, 0.4) is 0 Å². The van der Waals surface area contributed by atoms with E-state index in [1.807, 2.05) is 91.0 Å². The Labute approximate surface area is 182 Å². The van der Waals surface area contributed by atoms with Gasteiger partial charge in [0.05, 0.1) is 19.6 Å². The maximum absolute atomic E-state index is 13.2. The number of carbonyl (C=O) groups excluding carboxylic acids is 2. The van der Waals surface area contributed by atoms with Crippen LogP contribution in [0.2, 0.25) is 0 Å². The molecule has 2 amide bonds. The minimum Gasteiger partial charge on any atom is -0.338 e. The molecule has 0 aliphatic heterocycles. The topological polar surface area (TPSA) is 84.7 Å². The molecule has 6 nitrogen and oxygen atoms in total. The van der Waals surface area contributed by atoms with Crippen LogP contribution in [0.15, 0.2) is 91.0 Å². The molecule has 6 heteroatoms. The third kappa shape index (κ3) is 4.82. The fourth-order valence-corrected chi connectivity index (χ4v) is 3.65. The molecule has 0 aliphatic rings. The maximum Gasteiger partial charge on any atom is 0.263 e. The van der Waals surface area contributed by atoms with Gasteiger partial charge in [0.15, 0.2) is 0 Å². The molecule has 1 atom stereocenters. The number of hydrogen-bond donors (Lipinski definition) is 2. The van der Waals surface area contributed by atoms with E-state index in [2.05, 4.69) is 5.32 Å². The number of nitrogens with one attached hydrogen (secondary N) is 1. The normalized spacial score (nSPS) is 12.1. The minimum atomic E-state index is -1.02. The summed E-state index contributed by atoms with van der Waals surface area (Å²) in [6.07, 6.45) is -0.180. The van der Waals surface area contributed by atoms with Gasteiger partial charge in [0.2, 0.25) is 5.91 Å². The lowest BCUT2D eigenvalue weighted by molar-refractivity contribution is -0.170. The number of benzene rings is 3.